The third kappa shape index (κ3) is 4.57. The van der Waals surface area contributed by atoms with E-state index >= 15 is 0 Å². The van der Waals surface area contributed by atoms with Gasteiger partial charge in [0.05, 0.1) is 17.8 Å². The number of pyridine rings is 1. The van der Waals surface area contributed by atoms with Crippen molar-refractivity contribution in [3.63, 3.8) is 0 Å². The number of aliphatic hydroxyl groups excluding tert-OH is 4. The SMILES string of the molecule is [Cl][Pd+].[O-]c1cccc2ccc(C=N[C@@H]3[C@@H](O)[C@H](O)[C@@H](CO)O[C@H]3O)nc12. The fourth-order valence-electron chi connectivity index (χ4n) is 2.61. The molecule has 0 spiro atoms. The average Bonchev–Trinajstić information content (AvgIpc) is 2.66. The van der Waals surface area contributed by atoms with E-state index in [0.717, 1.165) is 0 Å². The van der Waals surface area contributed by atoms with E-state index in [4.69, 9.17) is 9.84 Å². The molecule has 0 radical (unpaired) electrons. The molecule has 1 saturated heterocycles. The number of ether oxygens (including phenoxy) is 1. The Hall–Kier alpha value is -1.15. The number of para-hydroxylation sites is 1. The molecule has 3 rings (SSSR count). The third-order valence-corrected chi connectivity index (χ3v) is 3.95. The van der Waals surface area contributed by atoms with Gasteiger partial charge in [-0.15, -0.1) is 0 Å². The summed E-state index contributed by atoms with van der Waals surface area (Å²) in [4.78, 5) is 8.21. The van der Waals surface area contributed by atoms with E-state index in [2.05, 4.69) is 37.7 Å². The fourth-order valence-corrected chi connectivity index (χ4v) is 2.61. The first-order chi connectivity index (χ1) is 12.5. The van der Waals surface area contributed by atoms with Crippen molar-refractivity contribution in [2.75, 3.05) is 6.61 Å². The molecule has 0 saturated carbocycles. The topological polar surface area (TPSA) is 138 Å². The summed E-state index contributed by atoms with van der Waals surface area (Å²) in [5.41, 5.74) is 0.659. The predicted molar refractivity (Wildman–Crippen MR) is 88.4 cm³/mol. The average molecular weight is 475 g/mol. The van der Waals surface area contributed by atoms with Gasteiger partial charge in [0.15, 0.2) is 6.29 Å². The van der Waals surface area contributed by atoms with E-state index in [9.17, 15) is 20.4 Å². The van der Waals surface area contributed by atoms with E-state index in [0.29, 0.717) is 16.6 Å². The first kappa shape index (κ1) is 21.2. The van der Waals surface area contributed by atoms with Crippen LogP contribution in [0.4, 0.5) is 0 Å². The van der Waals surface area contributed by atoms with Crippen molar-refractivity contribution in [1.29, 1.82) is 0 Å². The summed E-state index contributed by atoms with van der Waals surface area (Å²) >= 11 is 2.22. The molecule has 8 nitrogen and oxygen atoms in total. The van der Waals surface area contributed by atoms with E-state index in [-0.39, 0.29) is 5.75 Å². The Morgan fingerprint density at radius 1 is 1.19 bits per heavy atom. The molecular weight excluding hydrogens is 458 g/mol. The van der Waals surface area contributed by atoms with Gasteiger partial charge in [-0.3, -0.25) is 4.99 Å². The van der Waals surface area contributed by atoms with Gasteiger partial charge in [-0.25, -0.2) is 4.98 Å². The predicted octanol–water partition coefficient (Wildman–Crippen LogP) is -0.786. The second kappa shape index (κ2) is 9.69. The summed E-state index contributed by atoms with van der Waals surface area (Å²) in [6, 6.07) is 7.03. The van der Waals surface area contributed by atoms with Gasteiger partial charge in [-0.2, -0.15) is 0 Å². The van der Waals surface area contributed by atoms with E-state index in [1.807, 2.05) is 0 Å². The Labute approximate surface area is 164 Å². The third-order valence-electron chi connectivity index (χ3n) is 3.95. The van der Waals surface area contributed by atoms with Gasteiger partial charge < -0.3 is 30.3 Å². The molecule has 0 amide bonds. The van der Waals surface area contributed by atoms with Gasteiger partial charge in [-0.1, -0.05) is 30.0 Å². The first-order valence-electron chi connectivity index (χ1n) is 7.53. The molecule has 10 heteroatoms. The van der Waals surface area contributed by atoms with Crippen molar-refractivity contribution in [3.05, 3.63) is 36.0 Å². The minimum atomic E-state index is -1.48. The molecule has 144 valence electrons. The largest absolute Gasteiger partial charge is 0.871 e. The zero-order valence-electron chi connectivity index (χ0n) is 13.3. The monoisotopic (exact) mass is 474 g/mol. The number of rotatable bonds is 3. The Morgan fingerprint density at radius 3 is 2.62 bits per heavy atom. The molecule has 1 aliphatic rings. The zero-order chi connectivity index (χ0) is 19.3. The van der Waals surface area contributed by atoms with Gasteiger partial charge in [0.1, 0.15) is 24.4 Å². The number of aliphatic hydroxyl groups is 4. The summed E-state index contributed by atoms with van der Waals surface area (Å²) in [5.74, 6) is -0.218. The van der Waals surface area contributed by atoms with Gasteiger partial charge in [0.2, 0.25) is 0 Å². The number of nitrogens with zero attached hydrogens (tertiary/aromatic N) is 2. The molecule has 0 bridgehead atoms. The van der Waals surface area contributed by atoms with Crippen LogP contribution >= 0.6 is 9.53 Å². The van der Waals surface area contributed by atoms with Crippen molar-refractivity contribution in [1.82, 2.24) is 4.98 Å². The van der Waals surface area contributed by atoms with Crippen LogP contribution in [0.2, 0.25) is 0 Å². The Kier molecular flexibility index (Phi) is 7.89. The van der Waals surface area contributed by atoms with E-state index in [1.54, 1.807) is 24.3 Å². The molecule has 0 unspecified atom stereocenters. The van der Waals surface area contributed by atoms with Gasteiger partial charge in [0.25, 0.3) is 0 Å². The van der Waals surface area contributed by atoms with Gasteiger partial charge in [-0.05, 0) is 11.5 Å². The molecule has 1 aromatic carbocycles. The van der Waals surface area contributed by atoms with Crippen LogP contribution in [0.15, 0.2) is 35.3 Å². The second-order valence-electron chi connectivity index (χ2n) is 5.56. The number of hydrogen-bond donors (Lipinski definition) is 4. The van der Waals surface area contributed by atoms with Gasteiger partial charge >= 0.3 is 27.7 Å². The van der Waals surface area contributed by atoms with Crippen LogP contribution in [0.1, 0.15) is 5.69 Å². The summed E-state index contributed by atoms with van der Waals surface area (Å²) in [6.07, 6.45) is -4.05. The Bertz CT molecular complexity index is 765. The zero-order valence-corrected chi connectivity index (χ0v) is 15.6. The van der Waals surface area contributed by atoms with Crippen LogP contribution in [0.5, 0.6) is 5.75 Å². The van der Waals surface area contributed by atoms with Crippen LogP contribution in [-0.4, -0.2) is 68.9 Å². The number of fused-ring (bicyclic) bond motifs is 1. The smallest absolute Gasteiger partial charge is 0.180 e. The summed E-state index contributed by atoms with van der Waals surface area (Å²) in [5, 5.41) is 51.2. The molecule has 1 aromatic heterocycles. The number of aliphatic imine (C=N–C) groups is 1. The molecule has 26 heavy (non-hydrogen) atoms. The molecule has 2 heterocycles. The minimum absolute atomic E-state index is 0.218. The normalized spacial score (nSPS) is 28.8. The molecule has 4 N–H and O–H groups in total. The van der Waals surface area contributed by atoms with Crippen LogP contribution in [0.3, 0.4) is 0 Å². The standard InChI is InChI=1S/C16H18N2O6.ClH.Pd/c19-7-11-14(21)15(22)13(16(23)24-11)17-6-9-5-4-8-2-1-3-10(20)12(8)18-9;;/h1-6,11,13-16,19-23H,7H2;1H;/q;;+2/p-2/t11-,13-,14-,15-,16-;;/m1../s1. The second-order valence-corrected chi connectivity index (χ2v) is 5.56. The van der Waals surface area contributed by atoms with E-state index in [1.165, 1.54) is 12.3 Å². The van der Waals surface area contributed by atoms with Gasteiger partial charge in [0, 0.05) is 6.21 Å². The minimum Gasteiger partial charge on any atom is -0.871 e. The number of halogens is 1. The number of aromatic nitrogens is 1. The maximum atomic E-state index is 11.8. The van der Waals surface area contributed by atoms with Crippen molar-refractivity contribution in [2.45, 2.75) is 30.6 Å². The van der Waals surface area contributed by atoms with Crippen LogP contribution in [-0.2, 0) is 22.9 Å². The summed E-state index contributed by atoms with van der Waals surface area (Å²) in [6.45, 7) is -0.537. The fraction of sp³-hybridized carbons (Fsp3) is 0.375. The molecule has 1 fully saturated rings. The first-order valence-corrected chi connectivity index (χ1v) is 9.54. The van der Waals surface area contributed by atoms with Crippen molar-refractivity contribution < 1.29 is 48.5 Å². The van der Waals surface area contributed by atoms with Crippen molar-refractivity contribution in [2.24, 2.45) is 4.99 Å². The number of benzene rings is 1. The molecular formula is C16H17ClN2O6Pd. The van der Waals surface area contributed by atoms with Crippen LogP contribution < -0.4 is 5.11 Å². The maximum absolute atomic E-state index is 11.8. The van der Waals surface area contributed by atoms with Crippen molar-refractivity contribution >= 4 is 26.6 Å². The van der Waals surface area contributed by atoms with E-state index < -0.39 is 37.3 Å². The van der Waals surface area contributed by atoms with Crippen molar-refractivity contribution in [3.8, 4) is 5.75 Å². The molecule has 1 aliphatic heterocycles. The summed E-state index contributed by atoms with van der Waals surface area (Å²) < 4.78 is 5.02. The molecule has 0 aliphatic carbocycles. The maximum Gasteiger partial charge on any atom is 0.180 e. The molecule has 2 aromatic rings. The summed E-state index contributed by atoms with van der Waals surface area (Å²) in [7, 11) is 4.49. The van der Waals surface area contributed by atoms with Crippen LogP contribution in [0, 0.1) is 0 Å². The Balaban J connectivity index is 0.00000117. The molecule has 5 atom stereocenters. The Morgan fingerprint density at radius 2 is 1.92 bits per heavy atom. The quantitative estimate of drug-likeness (QED) is 0.338. The van der Waals surface area contributed by atoms with Crippen LogP contribution in [0.25, 0.3) is 10.9 Å². The number of hydrogen-bond acceptors (Lipinski definition) is 8.